The molecule has 5 rings (SSSR count). The zero-order valence-corrected chi connectivity index (χ0v) is 20.9. The molecule has 1 heterocycles. The summed E-state index contributed by atoms with van der Waals surface area (Å²) in [5, 5.41) is 2.01. The van der Waals surface area contributed by atoms with E-state index in [2.05, 4.69) is 15.9 Å². The fourth-order valence-corrected chi connectivity index (χ4v) is 5.38. The van der Waals surface area contributed by atoms with Gasteiger partial charge in [0.2, 0.25) is 0 Å². The highest BCUT2D eigenvalue weighted by molar-refractivity contribution is 9.10. The van der Waals surface area contributed by atoms with Gasteiger partial charge in [0.05, 0.1) is 10.6 Å². The minimum Gasteiger partial charge on any atom is -0.488 e. The predicted molar refractivity (Wildman–Crippen MR) is 144 cm³/mol. The lowest BCUT2D eigenvalue weighted by molar-refractivity contribution is -0.113. The highest BCUT2D eigenvalue weighted by atomic mass is 79.9. The van der Waals surface area contributed by atoms with E-state index in [9.17, 15) is 9.18 Å². The van der Waals surface area contributed by atoms with Gasteiger partial charge >= 0.3 is 0 Å². The molecule has 7 heteroatoms. The number of halogens is 2. The lowest BCUT2D eigenvalue weighted by atomic mass is 10.1. The lowest BCUT2D eigenvalue weighted by Crippen LogP contribution is -2.27. The van der Waals surface area contributed by atoms with Gasteiger partial charge in [0.15, 0.2) is 4.32 Å². The van der Waals surface area contributed by atoms with Crippen molar-refractivity contribution in [2.45, 2.75) is 6.61 Å². The first-order valence-electron chi connectivity index (χ1n) is 10.4. The normalized spacial score (nSPS) is 14.9. The van der Waals surface area contributed by atoms with Crippen molar-refractivity contribution in [1.82, 2.24) is 0 Å². The molecule has 0 unspecified atom stereocenters. The first-order valence-corrected chi connectivity index (χ1v) is 12.4. The van der Waals surface area contributed by atoms with Crippen LogP contribution < -0.4 is 9.64 Å². The average Bonchev–Trinajstić information content (AvgIpc) is 3.11. The zero-order chi connectivity index (χ0) is 23.7. The van der Waals surface area contributed by atoms with Gasteiger partial charge in [0.25, 0.3) is 5.91 Å². The van der Waals surface area contributed by atoms with Crippen molar-refractivity contribution in [3.05, 3.63) is 111 Å². The second kappa shape index (κ2) is 9.70. The molecular weight excluding hydrogens is 533 g/mol. The minimum atomic E-state index is -0.290. The summed E-state index contributed by atoms with van der Waals surface area (Å²) in [6, 6.07) is 25.5. The number of carbonyl (C=O) groups excluding carboxylic acids is 1. The molecule has 168 valence electrons. The zero-order valence-electron chi connectivity index (χ0n) is 17.7. The van der Waals surface area contributed by atoms with Crippen molar-refractivity contribution in [3.8, 4) is 5.75 Å². The first kappa shape index (κ1) is 22.8. The second-order valence-corrected chi connectivity index (χ2v) is 10.2. The van der Waals surface area contributed by atoms with Crippen molar-refractivity contribution >= 4 is 72.7 Å². The predicted octanol–water partition coefficient (Wildman–Crippen LogP) is 7.73. The van der Waals surface area contributed by atoms with Crippen LogP contribution in [0.2, 0.25) is 0 Å². The Morgan fingerprint density at radius 3 is 2.59 bits per heavy atom. The minimum absolute atomic E-state index is 0.171. The number of thiocarbonyl (C=S) groups is 1. The Kier molecular flexibility index (Phi) is 6.50. The van der Waals surface area contributed by atoms with E-state index in [4.69, 9.17) is 17.0 Å². The molecule has 1 aliphatic heterocycles. The molecule has 0 radical (unpaired) electrons. The summed E-state index contributed by atoms with van der Waals surface area (Å²) in [6.45, 7) is 0.277. The third-order valence-electron chi connectivity index (χ3n) is 5.37. The van der Waals surface area contributed by atoms with Crippen LogP contribution in [-0.4, -0.2) is 10.2 Å². The largest absolute Gasteiger partial charge is 0.488 e. The quantitative estimate of drug-likeness (QED) is 0.188. The van der Waals surface area contributed by atoms with Crippen LogP contribution in [0.15, 0.2) is 94.3 Å². The van der Waals surface area contributed by atoms with Gasteiger partial charge in [-0.15, -0.1) is 0 Å². The molecular formula is C27H17BrFNO2S2. The number of rotatable bonds is 5. The summed E-state index contributed by atoms with van der Waals surface area (Å²) in [6.07, 6.45) is 1.80. The molecule has 0 aliphatic carbocycles. The number of anilines is 1. The fourth-order valence-electron chi connectivity index (χ4n) is 3.73. The van der Waals surface area contributed by atoms with Crippen LogP contribution in [0.1, 0.15) is 11.1 Å². The summed E-state index contributed by atoms with van der Waals surface area (Å²) in [4.78, 5) is 15.5. The summed E-state index contributed by atoms with van der Waals surface area (Å²) in [5.41, 5.74) is 2.36. The van der Waals surface area contributed by atoms with Gasteiger partial charge in [0.1, 0.15) is 18.2 Å². The molecule has 1 amide bonds. The van der Waals surface area contributed by atoms with Crippen LogP contribution in [0.4, 0.5) is 10.1 Å². The maximum Gasteiger partial charge on any atom is 0.270 e. The summed E-state index contributed by atoms with van der Waals surface area (Å²) in [5.74, 6) is 0.153. The number of ether oxygens (including phenoxy) is 1. The first-order chi connectivity index (χ1) is 16.5. The van der Waals surface area contributed by atoms with Crippen molar-refractivity contribution in [3.63, 3.8) is 0 Å². The van der Waals surface area contributed by atoms with E-state index in [1.54, 1.807) is 23.1 Å². The Morgan fingerprint density at radius 1 is 1.00 bits per heavy atom. The summed E-state index contributed by atoms with van der Waals surface area (Å²) < 4.78 is 20.5. The molecule has 34 heavy (non-hydrogen) atoms. The number of hydrogen-bond donors (Lipinski definition) is 0. The van der Waals surface area contributed by atoms with Crippen LogP contribution in [-0.2, 0) is 11.4 Å². The van der Waals surface area contributed by atoms with Crippen molar-refractivity contribution in [2.75, 3.05) is 4.90 Å². The third-order valence-corrected chi connectivity index (χ3v) is 7.16. The van der Waals surface area contributed by atoms with Crippen LogP contribution in [0.25, 0.3) is 16.8 Å². The average molecular weight is 550 g/mol. The maximum absolute atomic E-state index is 13.4. The second-order valence-electron chi connectivity index (χ2n) is 7.61. The monoisotopic (exact) mass is 549 g/mol. The molecule has 1 aliphatic rings. The number of nitrogens with zero attached hydrogens (tertiary/aromatic N) is 1. The molecule has 1 saturated heterocycles. The number of fused-ring (bicyclic) bond motifs is 1. The van der Waals surface area contributed by atoms with E-state index in [0.717, 1.165) is 32.1 Å². The molecule has 1 fully saturated rings. The maximum atomic E-state index is 13.4. The Balaban J connectivity index is 1.45. The van der Waals surface area contributed by atoms with Crippen LogP contribution in [0.5, 0.6) is 5.75 Å². The summed E-state index contributed by atoms with van der Waals surface area (Å²) in [7, 11) is 0. The number of thioether (sulfide) groups is 1. The van der Waals surface area contributed by atoms with Crippen LogP contribution in [0, 0.1) is 5.82 Å². The molecule has 0 N–H and O–H groups in total. The van der Waals surface area contributed by atoms with Gasteiger partial charge in [-0.05, 0) is 53.4 Å². The molecule has 4 aromatic rings. The summed E-state index contributed by atoms with van der Waals surface area (Å²) >= 11 is 10.4. The molecule has 0 spiro atoms. The van der Waals surface area contributed by atoms with E-state index >= 15 is 0 Å². The Hall–Kier alpha value is -3.00. The molecule has 0 saturated carbocycles. The molecule has 0 bridgehead atoms. The number of benzene rings is 4. The molecule has 0 atom stereocenters. The molecule has 3 nitrogen and oxygen atoms in total. The number of carbonyl (C=O) groups is 1. The van der Waals surface area contributed by atoms with E-state index < -0.39 is 0 Å². The van der Waals surface area contributed by atoms with Gasteiger partial charge in [-0.25, -0.2) is 4.39 Å². The van der Waals surface area contributed by atoms with E-state index in [-0.39, 0.29) is 18.3 Å². The topological polar surface area (TPSA) is 29.5 Å². The van der Waals surface area contributed by atoms with Gasteiger partial charge in [-0.3, -0.25) is 9.69 Å². The number of hydrogen-bond acceptors (Lipinski definition) is 4. The van der Waals surface area contributed by atoms with Crippen molar-refractivity contribution in [1.29, 1.82) is 0 Å². The lowest BCUT2D eigenvalue weighted by Gasteiger charge is -2.17. The van der Waals surface area contributed by atoms with Crippen LogP contribution >= 0.6 is 39.9 Å². The van der Waals surface area contributed by atoms with Crippen molar-refractivity contribution in [2.24, 2.45) is 0 Å². The fraction of sp³-hybridized carbons (Fsp3) is 0.0370. The van der Waals surface area contributed by atoms with E-state index in [1.807, 2.05) is 60.7 Å². The Morgan fingerprint density at radius 2 is 1.76 bits per heavy atom. The van der Waals surface area contributed by atoms with Crippen molar-refractivity contribution < 1.29 is 13.9 Å². The number of amides is 1. The highest BCUT2D eigenvalue weighted by Gasteiger charge is 2.34. The Bertz CT molecular complexity index is 1450. The molecule has 0 aromatic heterocycles. The van der Waals surface area contributed by atoms with Gasteiger partial charge in [-0.2, -0.15) is 0 Å². The highest BCUT2D eigenvalue weighted by Crippen LogP contribution is 2.40. The standard InChI is InChI=1S/C27H17BrFNO2S2/c28-20-10-13-24(32-16-17-8-11-21(29)12-9-17)19(14-20)15-25-26(31)30(27(33)34-25)23-7-3-5-18-4-1-2-6-22(18)23/h1-15H,16H2/b25-15+. The van der Waals surface area contributed by atoms with E-state index in [1.165, 1.54) is 23.9 Å². The van der Waals surface area contributed by atoms with E-state index in [0.29, 0.717) is 15.0 Å². The smallest absolute Gasteiger partial charge is 0.270 e. The molecule has 4 aromatic carbocycles. The van der Waals surface area contributed by atoms with Gasteiger partial charge in [0, 0.05) is 15.4 Å². The van der Waals surface area contributed by atoms with Gasteiger partial charge < -0.3 is 4.74 Å². The van der Waals surface area contributed by atoms with Crippen LogP contribution in [0.3, 0.4) is 0 Å². The SMILES string of the molecule is O=C1/C(=C\c2cc(Br)ccc2OCc2ccc(F)cc2)SC(=S)N1c1cccc2ccccc12. The Labute approximate surface area is 214 Å². The third kappa shape index (κ3) is 4.64. The van der Waals surface area contributed by atoms with Gasteiger partial charge in [-0.1, -0.05) is 88.4 Å².